The van der Waals surface area contributed by atoms with Gasteiger partial charge in [-0.3, -0.25) is 9.78 Å². The van der Waals surface area contributed by atoms with Gasteiger partial charge < -0.3 is 5.32 Å². The Morgan fingerprint density at radius 3 is 2.10 bits per heavy atom. The number of benzene rings is 1. The molecule has 2 aromatic heterocycles. The minimum Gasteiger partial charge on any atom is -0.339 e. The van der Waals surface area contributed by atoms with Crippen molar-refractivity contribution in [2.45, 2.75) is 18.4 Å². The maximum absolute atomic E-state index is 13.5. The third kappa shape index (κ3) is 4.73. The van der Waals surface area contributed by atoms with Crippen LogP contribution >= 0.6 is 0 Å². The van der Waals surface area contributed by atoms with E-state index in [1.54, 1.807) is 0 Å². The van der Waals surface area contributed by atoms with E-state index in [-0.39, 0.29) is 11.1 Å². The third-order valence-electron chi connectivity index (χ3n) is 4.09. The molecule has 0 aliphatic carbocycles. The molecule has 0 fully saturated rings. The van der Waals surface area contributed by atoms with Crippen molar-refractivity contribution < 1.29 is 31.1 Å². The van der Waals surface area contributed by atoms with Gasteiger partial charge in [0.2, 0.25) is 0 Å². The Balaban J connectivity index is 2.07. The maximum atomic E-state index is 13.5. The van der Waals surface area contributed by atoms with Crippen molar-refractivity contribution in [3.63, 3.8) is 0 Å². The molecule has 1 aromatic carbocycles. The highest BCUT2D eigenvalue weighted by atomic mass is 19.4. The lowest BCUT2D eigenvalue weighted by molar-refractivity contribution is -0.139. The summed E-state index contributed by atoms with van der Waals surface area (Å²) in [5.41, 5.74) is -2.73. The minimum atomic E-state index is -4.80. The van der Waals surface area contributed by atoms with Crippen LogP contribution in [0.1, 0.15) is 38.8 Å². The Labute approximate surface area is 165 Å². The van der Waals surface area contributed by atoms with E-state index in [4.69, 9.17) is 0 Å². The molecule has 1 amide bonds. The highest BCUT2D eigenvalue weighted by molar-refractivity contribution is 5.94. The van der Waals surface area contributed by atoms with Crippen LogP contribution in [-0.4, -0.2) is 20.9 Å². The number of hydrogen-bond donors (Lipinski definition) is 1. The largest absolute Gasteiger partial charge is 0.418 e. The molecule has 0 bridgehead atoms. The summed E-state index contributed by atoms with van der Waals surface area (Å²) in [6.07, 6.45) is -4.87. The summed E-state index contributed by atoms with van der Waals surface area (Å²) in [6.45, 7) is 0. The quantitative estimate of drug-likeness (QED) is 0.627. The Bertz CT molecular complexity index is 1020. The van der Waals surface area contributed by atoms with Crippen LogP contribution in [-0.2, 0) is 12.4 Å². The van der Waals surface area contributed by atoms with Gasteiger partial charge in [0.25, 0.3) is 5.91 Å². The van der Waals surface area contributed by atoms with Gasteiger partial charge in [0.15, 0.2) is 0 Å². The van der Waals surface area contributed by atoms with Gasteiger partial charge in [-0.15, -0.1) is 0 Å². The monoisotopic (exact) mass is 426 g/mol. The van der Waals surface area contributed by atoms with Crippen molar-refractivity contribution in [1.82, 2.24) is 20.3 Å². The van der Waals surface area contributed by atoms with Crippen molar-refractivity contribution in [3.05, 3.63) is 89.3 Å². The number of amides is 1. The molecule has 3 rings (SSSR count). The smallest absolute Gasteiger partial charge is 0.339 e. The molecule has 1 atom stereocenters. The average molecular weight is 426 g/mol. The molecular formula is C19H12F6N4O. The standard InChI is InChI=1S/C19H12F6N4O/c20-18(21,22)13-5-3-11(4-6-13)15(29-17(30)12-8-26-10-27-9-12)16-14(19(23,24)25)2-1-7-28-16/h1-10,15H,(H,29,30)/t15-/m0/s1. The molecule has 0 radical (unpaired) electrons. The van der Waals surface area contributed by atoms with Crippen LogP contribution in [0.4, 0.5) is 26.3 Å². The van der Waals surface area contributed by atoms with Crippen LogP contribution in [0.2, 0.25) is 0 Å². The lowest BCUT2D eigenvalue weighted by Gasteiger charge is -2.22. The van der Waals surface area contributed by atoms with E-state index in [1.807, 2.05) is 0 Å². The molecule has 0 saturated heterocycles. The molecule has 3 aromatic rings. The Morgan fingerprint density at radius 1 is 0.900 bits per heavy atom. The summed E-state index contributed by atoms with van der Waals surface area (Å²) in [4.78, 5) is 23.6. The Hall–Kier alpha value is -3.50. The van der Waals surface area contributed by atoms with Gasteiger partial charge in [-0.25, -0.2) is 9.97 Å². The molecule has 156 valence electrons. The van der Waals surface area contributed by atoms with E-state index in [0.717, 1.165) is 61.3 Å². The minimum absolute atomic E-state index is 0.0163. The second kappa shape index (κ2) is 8.09. The number of halogens is 6. The number of carbonyl (C=O) groups excluding carboxylic acids is 1. The van der Waals surface area contributed by atoms with Gasteiger partial charge in [0.05, 0.1) is 28.4 Å². The summed E-state index contributed by atoms with van der Waals surface area (Å²) in [6, 6.07) is 3.79. The van der Waals surface area contributed by atoms with E-state index >= 15 is 0 Å². The first kappa shape index (κ1) is 21.2. The first-order valence-electron chi connectivity index (χ1n) is 8.32. The second-order valence-electron chi connectivity index (χ2n) is 6.09. The Morgan fingerprint density at radius 2 is 1.53 bits per heavy atom. The van der Waals surface area contributed by atoms with Gasteiger partial charge in [0.1, 0.15) is 6.33 Å². The molecule has 0 saturated carbocycles. The van der Waals surface area contributed by atoms with Crippen LogP contribution in [0.25, 0.3) is 0 Å². The summed E-state index contributed by atoms with van der Waals surface area (Å²) in [5.74, 6) is -0.820. The molecule has 0 aliphatic rings. The van der Waals surface area contributed by atoms with Crippen LogP contribution in [0.5, 0.6) is 0 Å². The predicted octanol–water partition coefficient (Wildman–Crippen LogP) is 4.43. The molecule has 2 heterocycles. The highest BCUT2D eigenvalue weighted by Crippen LogP contribution is 2.36. The molecule has 0 unspecified atom stereocenters. The zero-order valence-corrected chi connectivity index (χ0v) is 14.9. The second-order valence-corrected chi connectivity index (χ2v) is 6.09. The van der Waals surface area contributed by atoms with E-state index < -0.39 is 41.1 Å². The van der Waals surface area contributed by atoms with Gasteiger partial charge in [-0.1, -0.05) is 12.1 Å². The fourth-order valence-electron chi connectivity index (χ4n) is 2.69. The summed E-state index contributed by atoms with van der Waals surface area (Å²) < 4.78 is 79.0. The Kier molecular flexibility index (Phi) is 5.72. The number of aromatic nitrogens is 3. The van der Waals surface area contributed by atoms with Gasteiger partial charge in [0, 0.05) is 18.6 Å². The SMILES string of the molecule is O=C(N[C@@H](c1ccc(C(F)(F)F)cc1)c1ncccc1C(F)(F)F)c1cncnc1. The normalized spacial score (nSPS) is 13.0. The average Bonchev–Trinajstić information content (AvgIpc) is 2.71. The number of pyridine rings is 1. The molecule has 5 nitrogen and oxygen atoms in total. The van der Waals surface area contributed by atoms with Crippen LogP contribution in [0, 0.1) is 0 Å². The zero-order valence-electron chi connectivity index (χ0n) is 14.9. The lowest BCUT2D eigenvalue weighted by Crippen LogP contribution is -2.32. The van der Waals surface area contributed by atoms with Crippen LogP contribution in [0.3, 0.4) is 0 Å². The maximum Gasteiger partial charge on any atom is 0.418 e. The molecule has 0 spiro atoms. The highest BCUT2D eigenvalue weighted by Gasteiger charge is 2.37. The number of nitrogens with one attached hydrogen (secondary N) is 1. The van der Waals surface area contributed by atoms with Crippen molar-refractivity contribution in [3.8, 4) is 0 Å². The fourth-order valence-corrected chi connectivity index (χ4v) is 2.69. The summed E-state index contributed by atoms with van der Waals surface area (Å²) >= 11 is 0. The molecule has 30 heavy (non-hydrogen) atoms. The number of rotatable bonds is 4. The first-order valence-corrected chi connectivity index (χ1v) is 8.32. The van der Waals surface area contributed by atoms with Crippen LogP contribution < -0.4 is 5.32 Å². The van der Waals surface area contributed by atoms with E-state index in [1.165, 1.54) is 0 Å². The summed E-state index contributed by atoms with van der Waals surface area (Å²) in [7, 11) is 0. The predicted molar refractivity (Wildman–Crippen MR) is 92.0 cm³/mol. The van der Waals surface area contributed by atoms with E-state index in [2.05, 4.69) is 20.3 Å². The number of carbonyl (C=O) groups is 1. The zero-order chi connectivity index (χ0) is 21.9. The van der Waals surface area contributed by atoms with Crippen molar-refractivity contribution in [2.75, 3.05) is 0 Å². The lowest BCUT2D eigenvalue weighted by atomic mass is 9.97. The molecule has 0 aliphatic heterocycles. The van der Waals surface area contributed by atoms with Gasteiger partial charge >= 0.3 is 12.4 Å². The van der Waals surface area contributed by atoms with E-state index in [0.29, 0.717) is 0 Å². The first-order chi connectivity index (χ1) is 14.1. The van der Waals surface area contributed by atoms with Gasteiger partial charge in [-0.2, -0.15) is 26.3 Å². The third-order valence-corrected chi connectivity index (χ3v) is 4.09. The topological polar surface area (TPSA) is 67.8 Å². The number of nitrogens with zero attached hydrogens (tertiary/aromatic N) is 3. The van der Waals surface area contributed by atoms with Gasteiger partial charge in [-0.05, 0) is 29.8 Å². The molecular weight excluding hydrogens is 414 g/mol. The van der Waals surface area contributed by atoms with Crippen molar-refractivity contribution in [1.29, 1.82) is 0 Å². The van der Waals surface area contributed by atoms with Crippen LogP contribution in [0.15, 0.2) is 61.3 Å². The molecule has 1 N–H and O–H groups in total. The number of hydrogen-bond acceptors (Lipinski definition) is 4. The van der Waals surface area contributed by atoms with E-state index in [9.17, 15) is 31.1 Å². The number of alkyl halides is 6. The summed E-state index contributed by atoms with van der Waals surface area (Å²) in [5, 5.41) is 2.37. The fraction of sp³-hybridized carbons (Fsp3) is 0.158. The van der Waals surface area contributed by atoms with Crippen molar-refractivity contribution >= 4 is 5.91 Å². The van der Waals surface area contributed by atoms with Crippen molar-refractivity contribution in [2.24, 2.45) is 0 Å². The molecule has 11 heteroatoms.